The monoisotopic (exact) mass is 455 g/mol. The zero-order valence-electron chi connectivity index (χ0n) is 17.6. The highest BCUT2D eigenvalue weighted by Crippen LogP contribution is 2.47. The van der Waals surface area contributed by atoms with Crippen LogP contribution in [0.5, 0.6) is 5.75 Å². The number of amides is 1. The van der Waals surface area contributed by atoms with Gasteiger partial charge in [0.1, 0.15) is 10.6 Å². The van der Waals surface area contributed by atoms with Crippen LogP contribution in [0.2, 0.25) is 0 Å². The number of hydrogen-bond acceptors (Lipinski definition) is 5. The Labute approximate surface area is 187 Å². The van der Waals surface area contributed by atoms with Crippen LogP contribution in [0.3, 0.4) is 0 Å². The molecule has 0 unspecified atom stereocenters. The van der Waals surface area contributed by atoms with Crippen LogP contribution in [-0.4, -0.2) is 20.9 Å². The SMILES string of the molecule is CCCCOc1ccccc1[C@@H]1CC(=O)Nc2c(S(=O)(=O)c3ccc(C)cc3)csc21. The molecule has 7 heteroatoms. The Balaban J connectivity index is 1.76. The lowest BCUT2D eigenvalue weighted by molar-refractivity contribution is -0.116. The molecule has 0 bridgehead atoms. The van der Waals surface area contributed by atoms with Gasteiger partial charge in [-0.25, -0.2) is 8.42 Å². The third-order valence-electron chi connectivity index (χ3n) is 5.43. The van der Waals surface area contributed by atoms with Crippen LogP contribution >= 0.6 is 11.3 Å². The Kier molecular flexibility index (Phi) is 6.16. The maximum atomic E-state index is 13.3. The molecule has 2 heterocycles. The Morgan fingerprint density at radius 2 is 1.87 bits per heavy atom. The highest BCUT2D eigenvalue weighted by Gasteiger charge is 2.35. The molecule has 31 heavy (non-hydrogen) atoms. The van der Waals surface area contributed by atoms with Crippen LogP contribution in [0, 0.1) is 6.92 Å². The van der Waals surface area contributed by atoms with Crippen molar-refractivity contribution in [2.24, 2.45) is 0 Å². The van der Waals surface area contributed by atoms with Gasteiger partial charge in [-0.1, -0.05) is 49.2 Å². The Morgan fingerprint density at radius 3 is 2.61 bits per heavy atom. The third-order valence-corrected chi connectivity index (χ3v) is 8.47. The Hall–Kier alpha value is -2.64. The zero-order chi connectivity index (χ0) is 22.0. The molecule has 1 aromatic heterocycles. The minimum Gasteiger partial charge on any atom is -0.493 e. The number of unbranched alkanes of at least 4 members (excludes halogenated alkanes) is 1. The van der Waals surface area contributed by atoms with Crippen LogP contribution < -0.4 is 10.1 Å². The second-order valence-electron chi connectivity index (χ2n) is 7.70. The topological polar surface area (TPSA) is 72.5 Å². The van der Waals surface area contributed by atoms with E-state index in [9.17, 15) is 13.2 Å². The largest absolute Gasteiger partial charge is 0.493 e. The molecule has 0 saturated carbocycles. The van der Waals surface area contributed by atoms with E-state index in [2.05, 4.69) is 12.2 Å². The summed E-state index contributed by atoms with van der Waals surface area (Å²) < 4.78 is 32.6. The van der Waals surface area contributed by atoms with Gasteiger partial charge in [-0.3, -0.25) is 4.79 Å². The first-order chi connectivity index (χ1) is 14.9. The molecule has 162 valence electrons. The molecule has 5 nitrogen and oxygen atoms in total. The maximum Gasteiger partial charge on any atom is 0.225 e. The van der Waals surface area contributed by atoms with Gasteiger partial charge < -0.3 is 10.1 Å². The second kappa shape index (κ2) is 8.85. The summed E-state index contributed by atoms with van der Waals surface area (Å²) in [5.41, 5.74) is 2.30. The van der Waals surface area contributed by atoms with E-state index in [-0.39, 0.29) is 28.0 Å². The molecule has 1 atom stereocenters. The van der Waals surface area contributed by atoms with Crippen molar-refractivity contribution in [1.82, 2.24) is 0 Å². The standard InChI is InChI=1S/C24H25NO4S2/c1-3-4-13-29-20-8-6-5-7-18(20)19-14-22(26)25-23-21(15-30-24(19)23)31(27,28)17-11-9-16(2)10-12-17/h5-12,15,19H,3-4,13-14H2,1-2H3,(H,25,26)/t19-/m0/s1. The molecule has 1 amide bonds. The molecule has 1 aliphatic rings. The first-order valence-corrected chi connectivity index (χ1v) is 12.7. The lowest BCUT2D eigenvalue weighted by Crippen LogP contribution is -2.23. The lowest BCUT2D eigenvalue weighted by Gasteiger charge is -2.25. The molecule has 4 rings (SSSR count). The Bertz CT molecular complexity index is 1200. The number of benzene rings is 2. The summed E-state index contributed by atoms with van der Waals surface area (Å²) in [6, 6.07) is 14.5. The molecule has 0 fully saturated rings. The smallest absolute Gasteiger partial charge is 0.225 e. The number of fused-ring (bicyclic) bond motifs is 1. The number of rotatable bonds is 7. The first-order valence-electron chi connectivity index (χ1n) is 10.4. The molecular formula is C24H25NO4S2. The van der Waals surface area contributed by atoms with E-state index >= 15 is 0 Å². The van der Waals surface area contributed by atoms with Crippen molar-refractivity contribution in [2.75, 3.05) is 11.9 Å². The number of aryl methyl sites for hydroxylation is 1. The molecule has 0 saturated heterocycles. The second-order valence-corrected chi connectivity index (χ2v) is 10.5. The van der Waals surface area contributed by atoms with Crippen molar-refractivity contribution in [3.05, 3.63) is 69.9 Å². The lowest BCUT2D eigenvalue weighted by atomic mass is 9.90. The molecular weight excluding hydrogens is 430 g/mol. The van der Waals surface area contributed by atoms with Gasteiger partial charge in [-0.15, -0.1) is 11.3 Å². The van der Waals surface area contributed by atoms with Gasteiger partial charge in [-0.05, 0) is 31.5 Å². The first kappa shape index (κ1) is 21.6. The average molecular weight is 456 g/mol. The highest BCUT2D eigenvalue weighted by atomic mass is 32.2. The minimum atomic E-state index is -3.75. The fourth-order valence-corrected chi connectivity index (χ4v) is 6.62. The minimum absolute atomic E-state index is 0.152. The van der Waals surface area contributed by atoms with Gasteiger partial charge in [0.25, 0.3) is 0 Å². The summed E-state index contributed by atoms with van der Waals surface area (Å²) in [7, 11) is -3.75. The number of nitrogens with one attached hydrogen (secondary N) is 1. The van der Waals surface area contributed by atoms with E-state index < -0.39 is 9.84 Å². The number of para-hydroxylation sites is 1. The summed E-state index contributed by atoms with van der Waals surface area (Å²) in [4.78, 5) is 13.8. The van der Waals surface area contributed by atoms with Crippen LogP contribution in [0.15, 0.2) is 63.7 Å². The highest BCUT2D eigenvalue weighted by molar-refractivity contribution is 7.91. The van der Waals surface area contributed by atoms with Gasteiger partial charge in [0, 0.05) is 28.2 Å². The van der Waals surface area contributed by atoms with Crippen LogP contribution in [-0.2, 0) is 14.6 Å². The van der Waals surface area contributed by atoms with Crippen molar-refractivity contribution in [1.29, 1.82) is 0 Å². The normalized spacial score (nSPS) is 15.9. The zero-order valence-corrected chi connectivity index (χ0v) is 19.2. The van der Waals surface area contributed by atoms with Crippen LogP contribution in [0.4, 0.5) is 5.69 Å². The number of carbonyl (C=O) groups is 1. The van der Waals surface area contributed by atoms with Crippen LogP contribution in [0.25, 0.3) is 0 Å². The van der Waals surface area contributed by atoms with E-state index in [0.29, 0.717) is 12.3 Å². The summed E-state index contributed by atoms with van der Waals surface area (Å²) >= 11 is 1.37. The van der Waals surface area contributed by atoms with E-state index in [1.165, 1.54) is 11.3 Å². The summed E-state index contributed by atoms with van der Waals surface area (Å²) in [6.45, 7) is 4.62. The summed E-state index contributed by atoms with van der Waals surface area (Å²) in [5.74, 6) is 0.311. The molecule has 3 aromatic rings. The fourth-order valence-electron chi connectivity index (χ4n) is 3.72. The number of sulfone groups is 1. The average Bonchev–Trinajstić information content (AvgIpc) is 3.19. The summed E-state index contributed by atoms with van der Waals surface area (Å²) in [5, 5.41) is 4.46. The maximum absolute atomic E-state index is 13.3. The van der Waals surface area contributed by atoms with Crippen molar-refractivity contribution < 1.29 is 17.9 Å². The van der Waals surface area contributed by atoms with Crippen molar-refractivity contribution in [3.8, 4) is 5.75 Å². The van der Waals surface area contributed by atoms with E-state index in [1.54, 1.807) is 29.6 Å². The molecule has 0 spiro atoms. The third kappa shape index (κ3) is 4.25. The van der Waals surface area contributed by atoms with Gasteiger partial charge in [-0.2, -0.15) is 0 Å². The van der Waals surface area contributed by atoms with Gasteiger partial charge in [0.2, 0.25) is 15.7 Å². The van der Waals surface area contributed by atoms with E-state index in [0.717, 1.165) is 34.6 Å². The van der Waals surface area contributed by atoms with E-state index in [1.807, 2.05) is 31.2 Å². The number of carbonyl (C=O) groups excluding carboxylic acids is 1. The quantitative estimate of drug-likeness (QED) is 0.475. The number of thiophene rings is 1. The van der Waals surface area contributed by atoms with Crippen molar-refractivity contribution in [2.45, 2.75) is 48.8 Å². The van der Waals surface area contributed by atoms with Crippen molar-refractivity contribution >= 4 is 32.8 Å². The number of ether oxygens (including phenoxy) is 1. The van der Waals surface area contributed by atoms with Gasteiger partial charge in [0.15, 0.2) is 0 Å². The molecule has 0 radical (unpaired) electrons. The number of anilines is 1. The Morgan fingerprint density at radius 1 is 1.13 bits per heavy atom. The van der Waals surface area contributed by atoms with Gasteiger partial charge >= 0.3 is 0 Å². The summed E-state index contributed by atoms with van der Waals surface area (Å²) in [6.07, 6.45) is 2.23. The molecule has 2 aromatic carbocycles. The predicted octanol–water partition coefficient (Wildman–Crippen LogP) is 5.54. The molecule has 1 N–H and O–H groups in total. The fraction of sp³-hybridized carbons (Fsp3) is 0.292. The van der Waals surface area contributed by atoms with Gasteiger partial charge in [0.05, 0.1) is 17.2 Å². The number of hydrogen-bond donors (Lipinski definition) is 1. The van der Waals surface area contributed by atoms with E-state index in [4.69, 9.17) is 4.74 Å². The molecule has 1 aliphatic heterocycles. The van der Waals surface area contributed by atoms with Crippen molar-refractivity contribution in [3.63, 3.8) is 0 Å². The molecule has 0 aliphatic carbocycles. The predicted molar refractivity (Wildman–Crippen MR) is 123 cm³/mol. The van der Waals surface area contributed by atoms with Crippen LogP contribution in [0.1, 0.15) is 48.1 Å².